The number of carboxylic acid groups (broad SMARTS) is 1. The number of hydrogen-bond acceptors (Lipinski definition) is 2. The van der Waals surface area contributed by atoms with Crippen LogP contribution in [0.2, 0.25) is 0 Å². The number of benzene rings is 1. The van der Waals surface area contributed by atoms with Crippen LogP contribution >= 0.6 is 0 Å². The molecule has 1 unspecified atom stereocenters. The van der Waals surface area contributed by atoms with E-state index in [1.54, 1.807) is 9.80 Å². The second-order valence-electron chi connectivity index (χ2n) is 5.13. The molecule has 0 spiro atoms. The van der Waals surface area contributed by atoms with Gasteiger partial charge in [0.05, 0.1) is 5.92 Å². The van der Waals surface area contributed by atoms with E-state index in [0.717, 1.165) is 11.3 Å². The molecule has 0 saturated carbocycles. The number of hydrogen-bond donors (Lipinski definition) is 1. The zero-order valence-electron chi connectivity index (χ0n) is 11.9. The van der Waals surface area contributed by atoms with Gasteiger partial charge < -0.3 is 10.0 Å². The third-order valence-corrected chi connectivity index (χ3v) is 3.70. The summed E-state index contributed by atoms with van der Waals surface area (Å²) < 4.78 is 0. The molecule has 1 saturated heterocycles. The SMILES string of the molecule is CCN(C(=O)N1CCC(C(=O)O)C1)c1ccc(C)cc1. The Morgan fingerprint density at radius 1 is 1.35 bits per heavy atom. The van der Waals surface area contributed by atoms with Gasteiger partial charge in [-0.1, -0.05) is 17.7 Å². The number of amides is 2. The van der Waals surface area contributed by atoms with Crippen LogP contribution in [-0.2, 0) is 4.79 Å². The minimum atomic E-state index is -0.821. The van der Waals surface area contributed by atoms with Crippen molar-refractivity contribution in [3.05, 3.63) is 29.8 Å². The number of carboxylic acids is 1. The minimum Gasteiger partial charge on any atom is -0.481 e. The average Bonchev–Trinajstić information content (AvgIpc) is 2.91. The zero-order chi connectivity index (χ0) is 14.7. The van der Waals surface area contributed by atoms with E-state index in [1.807, 2.05) is 38.1 Å². The van der Waals surface area contributed by atoms with Crippen LogP contribution in [0.15, 0.2) is 24.3 Å². The molecule has 5 heteroatoms. The van der Waals surface area contributed by atoms with Crippen molar-refractivity contribution in [3.63, 3.8) is 0 Å². The van der Waals surface area contributed by atoms with Crippen molar-refractivity contribution in [1.29, 1.82) is 0 Å². The first kappa shape index (κ1) is 14.4. The molecule has 0 aliphatic carbocycles. The molecular formula is C15H20N2O3. The van der Waals surface area contributed by atoms with Crippen LogP contribution in [0, 0.1) is 12.8 Å². The number of aryl methyl sites for hydroxylation is 1. The number of rotatable bonds is 3. The lowest BCUT2D eigenvalue weighted by Crippen LogP contribution is -2.42. The van der Waals surface area contributed by atoms with Crippen molar-refractivity contribution < 1.29 is 14.7 Å². The smallest absolute Gasteiger partial charge is 0.324 e. The van der Waals surface area contributed by atoms with Crippen LogP contribution in [0.5, 0.6) is 0 Å². The maximum Gasteiger partial charge on any atom is 0.324 e. The molecule has 1 heterocycles. The first-order valence-corrected chi connectivity index (χ1v) is 6.89. The Hall–Kier alpha value is -2.04. The third-order valence-electron chi connectivity index (χ3n) is 3.70. The predicted octanol–water partition coefficient (Wildman–Crippen LogP) is 2.35. The molecule has 5 nitrogen and oxygen atoms in total. The first-order chi connectivity index (χ1) is 9.52. The Kier molecular flexibility index (Phi) is 4.27. The summed E-state index contributed by atoms with van der Waals surface area (Å²) >= 11 is 0. The average molecular weight is 276 g/mol. The summed E-state index contributed by atoms with van der Waals surface area (Å²) in [7, 11) is 0. The lowest BCUT2D eigenvalue weighted by Gasteiger charge is -2.27. The highest BCUT2D eigenvalue weighted by molar-refractivity contribution is 5.92. The lowest BCUT2D eigenvalue weighted by molar-refractivity contribution is -0.141. The number of carbonyl (C=O) groups excluding carboxylic acids is 1. The van der Waals surface area contributed by atoms with Crippen molar-refractivity contribution >= 4 is 17.7 Å². The van der Waals surface area contributed by atoms with Crippen LogP contribution in [-0.4, -0.2) is 41.6 Å². The van der Waals surface area contributed by atoms with Crippen molar-refractivity contribution in [2.45, 2.75) is 20.3 Å². The van der Waals surface area contributed by atoms with Crippen LogP contribution in [0.4, 0.5) is 10.5 Å². The van der Waals surface area contributed by atoms with E-state index >= 15 is 0 Å². The monoisotopic (exact) mass is 276 g/mol. The van der Waals surface area contributed by atoms with E-state index in [-0.39, 0.29) is 6.03 Å². The van der Waals surface area contributed by atoms with Gasteiger partial charge >= 0.3 is 12.0 Å². The van der Waals surface area contributed by atoms with Crippen molar-refractivity contribution in [1.82, 2.24) is 4.90 Å². The second-order valence-corrected chi connectivity index (χ2v) is 5.13. The highest BCUT2D eigenvalue weighted by Crippen LogP contribution is 2.21. The lowest BCUT2D eigenvalue weighted by atomic mass is 10.1. The molecule has 1 aromatic rings. The van der Waals surface area contributed by atoms with Gasteiger partial charge in [0, 0.05) is 25.3 Å². The topological polar surface area (TPSA) is 60.9 Å². The maximum absolute atomic E-state index is 12.5. The summed E-state index contributed by atoms with van der Waals surface area (Å²) in [5.74, 6) is -1.26. The van der Waals surface area contributed by atoms with Gasteiger partial charge in [-0.05, 0) is 32.4 Å². The molecule has 1 aliphatic rings. The molecule has 1 aromatic carbocycles. The van der Waals surface area contributed by atoms with E-state index in [1.165, 1.54) is 0 Å². The molecule has 1 fully saturated rings. The summed E-state index contributed by atoms with van der Waals surface area (Å²) in [5.41, 5.74) is 1.99. The number of nitrogens with zero attached hydrogens (tertiary/aromatic N) is 2. The summed E-state index contributed by atoms with van der Waals surface area (Å²) in [5, 5.41) is 9.00. The van der Waals surface area contributed by atoms with E-state index in [0.29, 0.717) is 26.1 Å². The van der Waals surface area contributed by atoms with E-state index < -0.39 is 11.9 Å². The van der Waals surface area contributed by atoms with Crippen LogP contribution in [0.25, 0.3) is 0 Å². The second kappa shape index (κ2) is 5.94. The van der Waals surface area contributed by atoms with Crippen molar-refractivity contribution in [3.8, 4) is 0 Å². The van der Waals surface area contributed by atoms with Gasteiger partial charge in [0.25, 0.3) is 0 Å². The van der Waals surface area contributed by atoms with Gasteiger partial charge in [0.2, 0.25) is 0 Å². The molecule has 108 valence electrons. The number of anilines is 1. The maximum atomic E-state index is 12.5. The summed E-state index contributed by atoms with van der Waals surface area (Å²) in [6.07, 6.45) is 0.534. The summed E-state index contributed by atoms with van der Waals surface area (Å²) in [4.78, 5) is 26.8. The number of urea groups is 1. The normalized spacial score (nSPS) is 18.1. The number of aliphatic carboxylic acids is 1. The largest absolute Gasteiger partial charge is 0.481 e. The Morgan fingerprint density at radius 3 is 2.50 bits per heavy atom. The van der Waals surface area contributed by atoms with Crippen molar-refractivity contribution in [2.24, 2.45) is 5.92 Å². The molecule has 0 bridgehead atoms. The fourth-order valence-electron chi connectivity index (χ4n) is 2.46. The summed E-state index contributed by atoms with van der Waals surface area (Å²) in [6.45, 7) is 5.30. The Balaban J connectivity index is 2.10. The van der Waals surface area contributed by atoms with E-state index in [2.05, 4.69) is 0 Å². The van der Waals surface area contributed by atoms with E-state index in [9.17, 15) is 9.59 Å². The molecule has 1 N–H and O–H groups in total. The minimum absolute atomic E-state index is 0.111. The number of carbonyl (C=O) groups is 2. The fraction of sp³-hybridized carbons (Fsp3) is 0.467. The van der Waals surface area contributed by atoms with Gasteiger partial charge in [-0.3, -0.25) is 9.69 Å². The Bertz CT molecular complexity index is 498. The van der Waals surface area contributed by atoms with E-state index in [4.69, 9.17) is 5.11 Å². The Morgan fingerprint density at radius 2 is 2.00 bits per heavy atom. The molecule has 2 amide bonds. The third kappa shape index (κ3) is 2.92. The van der Waals surface area contributed by atoms with Gasteiger partial charge in [-0.15, -0.1) is 0 Å². The van der Waals surface area contributed by atoms with Crippen LogP contribution in [0.1, 0.15) is 18.9 Å². The molecule has 1 atom stereocenters. The van der Waals surface area contributed by atoms with Crippen LogP contribution in [0.3, 0.4) is 0 Å². The quantitative estimate of drug-likeness (QED) is 0.921. The zero-order valence-corrected chi connectivity index (χ0v) is 11.9. The fourth-order valence-corrected chi connectivity index (χ4v) is 2.46. The van der Waals surface area contributed by atoms with Crippen molar-refractivity contribution in [2.75, 3.05) is 24.5 Å². The van der Waals surface area contributed by atoms with Gasteiger partial charge in [-0.25, -0.2) is 4.79 Å². The van der Waals surface area contributed by atoms with Crippen LogP contribution < -0.4 is 4.90 Å². The molecule has 20 heavy (non-hydrogen) atoms. The molecule has 2 rings (SSSR count). The Labute approximate surface area is 118 Å². The molecule has 0 aromatic heterocycles. The predicted molar refractivity (Wildman–Crippen MR) is 76.9 cm³/mol. The number of likely N-dealkylation sites (tertiary alicyclic amines) is 1. The standard InChI is InChI=1S/C15H20N2O3/c1-3-17(13-6-4-11(2)5-7-13)15(20)16-9-8-12(10-16)14(18)19/h4-7,12H,3,8-10H2,1-2H3,(H,18,19). The highest BCUT2D eigenvalue weighted by Gasteiger charge is 2.32. The summed E-state index contributed by atoms with van der Waals surface area (Å²) in [6, 6.07) is 7.66. The molecule has 0 radical (unpaired) electrons. The first-order valence-electron chi connectivity index (χ1n) is 6.89. The highest BCUT2D eigenvalue weighted by atomic mass is 16.4. The molecular weight excluding hydrogens is 256 g/mol. The van der Waals surface area contributed by atoms with Gasteiger partial charge in [0.1, 0.15) is 0 Å². The molecule has 1 aliphatic heterocycles. The van der Waals surface area contributed by atoms with Gasteiger partial charge in [0.15, 0.2) is 0 Å². The van der Waals surface area contributed by atoms with Gasteiger partial charge in [-0.2, -0.15) is 0 Å².